The van der Waals surface area contributed by atoms with E-state index >= 15 is 0 Å². The highest BCUT2D eigenvalue weighted by Crippen LogP contribution is 2.30. The average molecular weight is 346 g/mol. The van der Waals surface area contributed by atoms with Crippen molar-refractivity contribution in [2.24, 2.45) is 0 Å². The van der Waals surface area contributed by atoms with Crippen LogP contribution in [0.5, 0.6) is 11.5 Å². The van der Waals surface area contributed by atoms with Crippen molar-refractivity contribution in [1.82, 2.24) is 0 Å². The van der Waals surface area contributed by atoms with E-state index in [1.165, 1.54) is 31.4 Å². The summed E-state index contributed by atoms with van der Waals surface area (Å²) in [4.78, 5) is 22.5. The summed E-state index contributed by atoms with van der Waals surface area (Å²) in [6, 6.07) is 10.4. The van der Waals surface area contributed by atoms with E-state index in [0.717, 1.165) is 0 Å². The van der Waals surface area contributed by atoms with Crippen LogP contribution in [0.1, 0.15) is 10.4 Å². The van der Waals surface area contributed by atoms with Crippen molar-refractivity contribution in [1.29, 1.82) is 0 Å². The number of benzene rings is 2. The molecule has 0 fully saturated rings. The predicted octanol–water partition coefficient (Wildman–Crippen LogP) is 2.88. The lowest BCUT2D eigenvalue weighted by atomic mass is 10.2. The van der Waals surface area contributed by atoms with E-state index in [-0.39, 0.29) is 11.3 Å². The molecule has 132 valence electrons. The largest absolute Gasteiger partial charge is 0.493 e. The first-order valence-electron chi connectivity index (χ1n) is 7.40. The van der Waals surface area contributed by atoms with Crippen LogP contribution in [0.4, 0.5) is 11.4 Å². The summed E-state index contributed by atoms with van der Waals surface area (Å²) >= 11 is 0. The van der Waals surface area contributed by atoms with Crippen LogP contribution in [0.3, 0.4) is 0 Å². The fraction of sp³-hybridized carbons (Fsp3) is 0.235. The summed E-state index contributed by atoms with van der Waals surface area (Å²) in [6.07, 6.45) is 0. The van der Waals surface area contributed by atoms with Crippen LogP contribution in [0.15, 0.2) is 42.5 Å². The Labute approximate surface area is 144 Å². The number of nitro benzene ring substituents is 1. The number of carbonyl (C=O) groups excluding carboxylic acids is 1. The van der Waals surface area contributed by atoms with E-state index in [1.807, 2.05) is 0 Å². The maximum absolute atomic E-state index is 12.3. The molecule has 0 aliphatic heterocycles. The molecule has 8 nitrogen and oxygen atoms in total. The fourth-order valence-corrected chi connectivity index (χ4v) is 2.07. The molecule has 0 bridgehead atoms. The van der Waals surface area contributed by atoms with E-state index in [4.69, 9.17) is 14.2 Å². The van der Waals surface area contributed by atoms with Crippen LogP contribution >= 0.6 is 0 Å². The van der Waals surface area contributed by atoms with Crippen molar-refractivity contribution in [3.05, 3.63) is 58.1 Å². The highest BCUT2D eigenvalue weighted by atomic mass is 16.6. The lowest BCUT2D eigenvalue weighted by Crippen LogP contribution is -2.12. The number of anilines is 1. The molecule has 0 unspecified atom stereocenters. The molecule has 0 spiro atoms. The molecule has 2 rings (SSSR count). The van der Waals surface area contributed by atoms with Gasteiger partial charge in [0.15, 0.2) is 11.5 Å². The molecule has 0 saturated carbocycles. The zero-order valence-corrected chi connectivity index (χ0v) is 13.9. The molecule has 1 N–H and O–H groups in total. The van der Waals surface area contributed by atoms with Crippen molar-refractivity contribution >= 4 is 17.3 Å². The lowest BCUT2D eigenvalue weighted by molar-refractivity contribution is -0.384. The number of carbonyl (C=O) groups is 1. The third-order valence-electron chi connectivity index (χ3n) is 3.29. The Morgan fingerprint density at radius 1 is 1.12 bits per heavy atom. The highest BCUT2D eigenvalue weighted by molar-refractivity contribution is 6.04. The standard InChI is InChI=1S/C17H18N2O6/c1-23-8-9-25-16-11-13(6-7-15(16)24-2)18-17(20)12-4-3-5-14(10-12)19(21)22/h3-7,10-11H,8-9H2,1-2H3,(H,18,20). The molecular formula is C17H18N2O6. The van der Waals surface area contributed by atoms with Crippen molar-refractivity contribution in [3.8, 4) is 11.5 Å². The number of rotatable bonds is 8. The summed E-state index contributed by atoms with van der Waals surface area (Å²) in [7, 11) is 3.08. The van der Waals surface area contributed by atoms with Crippen LogP contribution in [-0.2, 0) is 4.74 Å². The van der Waals surface area contributed by atoms with Gasteiger partial charge in [-0.3, -0.25) is 14.9 Å². The van der Waals surface area contributed by atoms with Crippen LogP contribution in [0.25, 0.3) is 0 Å². The van der Waals surface area contributed by atoms with Gasteiger partial charge in [0.1, 0.15) is 6.61 Å². The molecule has 1 amide bonds. The van der Waals surface area contributed by atoms with Crippen LogP contribution in [0.2, 0.25) is 0 Å². The Balaban J connectivity index is 2.16. The zero-order valence-electron chi connectivity index (χ0n) is 13.9. The highest BCUT2D eigenvalue weighted by Gasteiger charge is 2.13. The van der Waals surface area contributed by atoms with Gasteiger partial charge >= 0.3 is 0 Å². The van der Waals surface area contributed by atoms with Crippen LogP contribution < -0.4 is 14.8 Å². The molecule has 0 aromatic heterocycles. The molecule has 0 radical (unpaired) electrons. The Bertz CT molecular complexity index is 763. The van der Waals surface area contributed by atoms with E-state index in [0.29, 0.717) is 30.4 Å². The first-order valence-corrected chi connectivity index (χ1v) is 7.40. The summed E-state index contributed by atoms with van der Waals surface area (Å²) in [5.74, 6) is 0.512. The summed E-state index contributed by atoms with van der Waals surface area (Å²) < 4.78 is 15.7. The first-order chi connectivity index (χ1) is 12.0. The third-order valence-corrected chi connectivity index (χ3v) is 3.29. The summed E-state index contributed by atoms with van der Waals surface area (Å²) in [5, 5.41) is 13.5. The number of nitro groups is 1. The number of nitrogens with one attached hydrogen (secondary N) is 1. The number of nitrogens with zero attached hydrogens (tertiary/aromatic N) is 1. The minimum atomic E-state index is -0.550. The minimum absolute atomic E-state index is 0.147. The van der Waals surface area contributed by atoms with Gasteiger partial charge in [-0.05, 0) is 18.2 Å². The first kappa shape index (κ1) is 18.2. The number of amides is 1. The lowest BCUT2D eigenvalue weighted by Gasteiger charge is -2.12. The fourth-order valence-electron chi connectivity index (χ4n) is 2.07. The average Bonchev–Trinajstić information content (AvgIpc) is 2.62. The van der Waals surface area contributed by atoms with Crippen LogP contribution in [0, 0.1) is 10.1 Å². The van der Waals surface area contributed by atoms with Gasteiger partial charge in [0, 0.05) is 36.6 Å². The van der Waals surface area contributed by atoms with Gasteiger partial charge in [0.05, 0.1) is 18.6 Å². The van der Waals surface area contributed by atoms with E-state index in [9.17, 15) is 14.9 Å². The molecular weight excluding hydrogens is 328 g/mol. The monoisotopic (exact) mass is 346 g/mol. The molecule has 0 aliphatic carbocycles. The SMILES string of the molecule is COCCOc1cc(NC(=O)c2cccc([N+](=O)[O-])c2)ccc1OC. The van der Waals surface area contributed by atoms with Crippen molar-refractivity contribution < 1.29 is 23.9 Å². The Morgan fingerprint density at radius 3 is 2.60 bits per heavy atom. The molecule has 0 heterocycles. The minimum Gasteiger partial charge on any atom is -0.493 e. The molecule has 2 aromatic rings. The molecule has 8 heteroatoms. The quantitative estimate of drug-likeness (QED) is 0.448. The maximum atomic E-state index is 12.3. The normalized spacial score (nSPS) is 10.2. The topological polar surface area (TPSA) is 99.9 Å². The summed E-state index contributed by atoms with van der Waals surface area (Å²) in [5.41, 5.74) is 0.516. The van der Waals surface area contributed by atoms with Gasteiger partial charge in [-0.2, -0.15) is 0 Å². The molecule has 2 aromatic carbocycles. The van der Waals surface area contributed by atoms with Gasteiger partial charge in [-0.25, -0.2) is 0 Å². The second kappa shape index (κ2) is 8.65. The molecule has 0 atom stereocenters. The second-order valence-corrected chi connectivity index (χ2v) is 4.97. The molecule has 25 heavy (non-hydrogen) atoms. The van der Waals surface area contributed by atoms with Gasteiger partial charge in [0.25, 0.3) is 11.6 Å². The van der Waals surface area contributed by atoms with Gasteiger partial charge < -0.3 is 19.5 Å². The van der Waals surface area contributed by atoms with E-state index < -0.39 is 10.8 Å². The zero-order chi connectivity index (χ0) is 18.2. The smallest absolute Gasteiger partial charge is 0.270 e. The van der Waals surface area contributed by atoms with Gasteiger partial charge in [0.2, 0.25) is 0 Å². The molecule has 0 saturated heterocycles. The Kier molecular flexibility index (Phi) is 6.30. The number of non-ortho nitro benzene ring substituents is 1. The summed E-state index contributed by atoms with van der Waals surface area (Å²) in [6.45, 7) is 0.739. The number of ether oxygens (including phenoxy) is 3. The van der Waals surface area contributed by atoms with Gasteiger partial charge in [-0.15, -0.1) is 0 Å². The third kappa shape index (κ3) is 4.92. The Hall–Kier alpha value is -3.13. The number of hydrogen-bond acceptors (Lipinski definition) is 6. The maximum Gasteiger partial charge on any atom is 0.270 e. The van der Waals surface area contributed by atoms with Crippen molar-refractivity contribution in [2.45, 2.75) is 0 Å². The van der Waals surface area contributed by atoms with Gasteiger partial charge in [-0.1, -0.05) is 6.07 Å². The predicted molar refractivity (Wildman–Crippen MR) is 91.4 cm³/mol. The second-order valence-electron chi connectivity index (χ2n) is 4.97. The van der Waals surface area contributed by atoms with Crippen LogP contribution in [-0.4, -0.2) is 38.3 Å². The van der Waals surface area contributed by atoms with Crippen molar-refractivity contribution in [2.75, 3.05) is 32.8 Å². The number of methoxy groups -OCH3 is 2. The van der Waals surface area contributed by atoms with E-state index in [2.05, 4.69) is 5.32 Å². The molecule has 0 aliphatic rings. The van der Waals surface area contributed by atoms with E-state index in [1.54, 1.807) is 25.3 Å². The van der Waals surface area contributed by atoms with Crippen molar-refractivity contribution in [3.63, 3.8) is 0 Å². The number of hydrogen-bond donors (Lipinski definition) is 1. The Morgan fingerprint density at radius 2 is 1.92 bits per heavy atom.